The maximum absolute atomic E-state index is 12.5. The highest BCUT2D eigenvalue weighted by atomic mass is 35.5. The van der Waals surface area contributed by atoms with Gasteiger partial charge in [-0.2, -0.15) is 0 Å². The normalized spacial score (nSPS) is 20.5. The van der Waals surface area contributed by atoms with E-state index < -0.39 is 10.0 Å². The molecule has 1 saturated heterocycles. The third-order valence-electron chi connectivity index (χ3n) is 4.33. The minimum absolute atomic E-state index is 0. The van der Waals surface area contributed by atoms with E-state index in [1.165, 1.54) is 12.1 Å². The second-order valence-electron chi connectivity index (χ2n) is 6.61. The number of ether oxygens (including phenoxy) is 1. The van der Waals surface area contributed by atoms with E-state index in [1.54, 1.807) is 19.2 Å². The van der Waals surface area contributed by atoms with Crippen molar-refractivity contribution >= 4 is 28.2 Å². The highest BCUT2D eigenvalue weighted by Gasteiger charge is 2.34. The number of sulfonamides is 1. The van der Waals surface area contributed by atoms with Crippen LogP contribution in [0.1, 0.15) is 37.0 Å². The molecule has 0 saturated carbocycles. The summed E-state index contributed by atoms with van der Waals surface area (Å²) >= 11 is 0. The van der Waals surface area contributed by atoms with E-state index in [-0.39, 0.29) is 41.1 Å². The SMILES string of the molecule is COCC1(CNS(=O)(=O)c2ccc(C(=O)C(C)C)cc2)CCCN1.Cl. The van der Waals surface area contributed by atoms with Gasteiger partial charge >= 0.3 is 0 Å². The van der Waals surface area contributed by atoms with Crippen molar-refractivity contribution < 1.29 is 17.9 Å². The van der Waals surface area contributed by atoms with Crippen LogP contribution in [0.4, 0.5) is 0 Å². The number of hydrogen-bond acceptors (Lipinski definition) is 5. The van der Waals surface area contributed by atoms with Crippen molar-refractivity contribution in [2.45, 2.75) is 37.1 Å². The van der Waals surface area contributed by atoms with Gasteiger partial charge in [0.25, 0.3) is 0 Å². The first-order valence-corrected chi connectivity index (χ1v) is 9.66. The van der Waals surface area contributed by atoms with Gasteiger partial charge in [0.2, 0.25) is 10.0 Å². The molecule has 0 amide bonds. The molecule has 1 aromatic carbocycles. The standard InChI is InChI=1S/C17H26N2O4S.ClH/c1-13(2)16(20)14-5-7-15(8-6-14)24(21,22)19-11-17(12-23-3)9-4-10-18-17;/h5-8,13,18-19H,4,9-12H2,1-3H3;1H. The van der Waals surface area contributed by atoms with Crippen LogP contribution in [0.25, 0.3) is 0 Å². The average molecular weight is 391 g/mol. The van der Waals surface area contributed by atoms with Crippen LogP contribution < -0.4 is 10.0 Å². The number of halogens is 1. The van der Waals surface area contributed by atoms with E-state index in [0.717, 1.165) is 19.4 Å². The zero-order valence-electron chi connectivity index (χ0n) is 14.9. The fraction of sp³-hybridized carbons (Fsp3) is 0.588. The number of rotatable bonds is 8. The Bertz CT molecular complexity index is 668. The molecule has 1 aliphatic rings. The third-order valence-corrected chi connectivity index (χ3v) is 5.74. The molecule has 8 heteroatoms. The van der Waals surface area contributed by atoms with E-state index in [9.17, 15) is 13.2 Å². The Morgan fingerprint density at radius 1 is 1.32 bits per heavy atom. The van der Waals surface area contributed by atoms with Crippen LogP contribution >= 0.6 is 12.4 Å². The Hall–Kier alpha value is -0.990. The third kappa shape index (κ3) is 5.49. The number of hydrogen-bond donors (Lipinski definition) is 2. The van der Waals surface area contributed by atoms with Crippen LogP contribution in [-0.4, -0.2) is 46.5 Å². The monoisotopic (exact) mass is 390 g/mol. The van der Waals surface area contributed by atoms with Crippen molar-refractivity contribution in [2.75, 3.05) is 26.8 Å². The van der Waals surface area contributed by atoms with Gasteiger partial charge in [-0.05, 0) is 31.5 Å². The van der Waals surface area contributed by atoms with Gasteiger partial charge in [-0.3, -0.25) is 4.79 Å². The number of nitrogens with one attached hydrogen (secondary N) is 2. The fourth-order valence-electron chi connectivity index (χ4n) is 2.92. The van der Waals surface area contributed by atoms with Crippen LogP contribution in [-0.2, 0) is 14.8 Å². The molecule has 2 N–H and O–H groups in total. The zero-order valence-corrected chi connectivity index (χ0v) is 16.5. The molecule has 1 aromatic rings. The van der Waals surface area contributed by atoms with Gasteiger partial charge in [0.15, 0.2) is 5.78 Å². The molecule has 1 aliphatic heterocycles. The number of ketones is 1. The Morgan fingerprint density at radius 3 is 2.44 bits per heavy atom. The summed E-state index contributed by atoms with van der Waals surface area (Å²) in [7, 11) is -2.01. The van der Waals surface area contributed by atoms with Gasteiger partial charge in [0.1, 0.15) is 0 Å². The van der Waals surface area contributed by atoms with E-state index in [0.29, 0.717) is 12.2 Å². The number of methoxy groups -OCH3 is 1. The molecule has 6 nitrogen and oxygen atoms in total. The lowest BCUT2D eigenvalue weighted by molar-refractivity contribution is 0.0939. The van der Waals surface area contributed by atoms with Crippen molar-refractivity contribution in [3.05, 3.63) is 29.8 Å². The predicted octanol–water partition coefficient (Wildman–Crippen LogP) is 1.99. The first-order chi connectivity index (χ1) is 11.3. The summed E-state index contributed by atoms with van der Waals surface area (Å²) in [6.45, 7) is 5.22. The lowest BCUT2D eigenvalue weighted by Gasteiger charge is -2.28. The van der Waals surface area contributed by atoms with E-state index in [2.05, 4.69) is 10.0 Å². The number of Topliss-reactive ketones (excluding diaryl/α,β-unsaturated/α-hetero) is 1. The quantitative estimate of drug-likeness (QED) is 0.663. The van der Waals surface area contributed by atoms with Gasteiger partial charge in [0, 0.05) is 25.1 Å². The second kappa shape index (κ2) is 9.09. The van der Waals surface area contributed by atoms with Gasteiger partial charge in [-0.1, -0.05) is 26.0 Å². The van der Waals surface area contributed by atoms with Crippen LogP contribution in [0.15, 0.2) is 29.2 Å². The molecule has 0 aromatic heterocycles. The minimum Gasteiger partial charge on any atom is -0.383 e. The molecule has 1 heterocycles. The summed E-state index contributed by atoms with van der Waals surface area (Å²) < 4.78 is 32.9. The van der Waals surface area contributed by atoms with Crippen LogP contribution in [0.2, 0.25) is 0 Å². The molecular weight excluding hydrogens is 364 g/mol. The van der Waals surface area contributed by atoms with Gasteiger partial charge < -0.3 is 10.1 Å². The van der Waals surface area contributed by atoms with E-state index in [4.69, 9.17) is 4.74 Å². The van der Waals surface area contributed by atoms with Crippen molar-refractivity contribution in [1.29, 1.82) is 0 Å². The highest BCUT2D eigenvalue weighted by Crippen LogP contribution is 2.20. The second-order valence-corrected chi connectivity index (χ2v) is 8.38. The molecule has 0 radical (unpaired) electrons. The van der Waals surface area contributed by atoms with Crippen LogP contribution in [0, 0.1) is 5.92 Å². The van der Waals surface area contributed by atoms with Gasteiger partial charge in [0.05, 0.1) is 17.0 Å². The first kappa shape index (κ1) is 22.1. The number of carbonyl (C=O) groups is 1. The summed E-state index contributed by atoms with van der Waals surface area (Å²) in [6, 6.07) is 6.08. The van der Waals surface area contributed by atoms with Crippen LogP contribution in [0.5, 0.6) is 0 Å². The largest absolute Gasteiger partial charge is 0.383 e. The molecule has 0 aliphatic carbocycles. The van der Waals surface area contributed by atoms with E-state index in [1.807, 2.05) is 13.8 Å². The van der Waals surface area contributed by atoms with Gasteiger partial charge in [-0.15, -0.1) is 12.4 Å². The van der Waals surface area contributed by atoms with Gasteiger partial charge in [-0.25, -0.2) is 13.1 Å². The summed E-state index contributed by atoms with van der Waals surface area (Å²) in [5.41, 5.74) is 0.173. The Balaban J connectivity index is 0.00000312. The molecule has 142 valence electrons. The summed E-state index contributed by atoms with van der Waals surface area (Å²) in [5.74, 6) is -0.117. The van der Waals surface area contributed by atoms with Crippen molar-refractivity contribution in [3.8, 4) is 0 Å². The Kier molecular flexibility index (Phi) is 8.02. The van der Waals surface area contributed by atoms with Crippen LogP contribution in [0.3, 0.4) is 0 Å². The Labute approximate surface area is 156 Å². The molecule has 25 heavy (non-hydrogen) atoms. The molecule has 1 fully saturated rings. The highest BCUT2D eigenvalue weighted by molar-refractivity contribution is 7.89. The fourth-order valence-corrected chi connectivity index (χ4v) is 4.05. The lowest BCUT2D eigenvalue weighted by Crippen LogP contribution is -2.52. The number of benzene rings is 1. The summed E-state index contributed by atoms with van der Waals surface area (Å²) in [6.07, 6.45) is 1.86. The Morgan fingerprint density at radius 2 is 1.96 bits per heavy atom. The molecule has 0 spiro atoms. The summed E-state index contributed by atoms with van der Waals surface area (Å²) in [4.78, 5) is 12.1. The van der Waals surface area contributed by atoms with Crippen molar-refractivity contribution in [1.82, 2.24) is 10.0 Å². The first-order valence-electron chi connectivity index (χ1n) is 8.18. The predicted molar refractivity (Wildman–Crippen MR) is 99.9 cm³/mol. The smallest absolute Gasteiger partial charge is 0.240 e. The molecular formula is C17H27ClN2O4S. The summed E-state index contributed by atoms with van der Waals surface area (Å²) in [5, 5.41) is 3.33. The molecule has 1 unspecified atom stereocenters. The maximum atomic E-state index is 12.5. The maximum Gasteiger partial charge on any atom is 0.240 e. The molecule has 2 rings (SSSR count). The topological polar surface area (TPSA) is 84.5 Å². The zero-order chi connectivity index (χ0) is 17.8. The lowest BCUT2D eigenvalue weighted by atomic mass is 9.99. The minimum atomic E-state index is -3.62. The number of carbonyl (C=O) groups excluding carboxylic acids is 1. The van der Waals surface area contributed by atoms with Crippen molar-refractivity contribution in [2.24, 2.45) is 5.92 Å². The molecule has 1 atom stereocenters. The van der Waals surface area contributed by atoms with E-state index >= 15 is 0 Å². The molecule has 0 bridgehead atoms. The van der Waals surface area contributed by atoms with Crippen molar-refractivity contribution in [3.63, 3.8) is 0 Å². The average Bonchev–Trinajstić information content (AvgIpc) is 3.02.